The number of halogens is 2. The van der Waals surface area contributed by atoms with Crippen molar-refractivity contribution in [1.82, 2.24) is 10.6 Å². The fraction of sp³-hybridized carbons (Fsp3) is 0.562. The molecule has 0 saturated heterocycles. The van der Waals surface area contributed by atoms with Crippen molar-refractivity contribution in [2.24, 2.45) is 10.9 Å². The van der Waals surface area contributed by atoms with Crippen molar-refractivity contribution in [3.63, 3.8) is 0 Å². The molecule has 1 aliphatic heterocycles. The summed E-state index contributed by atoms with van der Waals surface area (Å²) in [5, 5.41) is 6.40. The predicted octanol–water partition coefficient (Wildman–Crippen LogP) is 2.48. The molecule has 0 amide bonds. The Hall–Kier alpha value is -2.25. The summed E-state index contributed by atoms with van der Waals surface area (Å²) < 4.78 is 40.4. The van der Waals surface area contributed by atoms with Gasteiger partial charge in [0.25, 0.3) is 0 Å². The van der Waals surface area contributed by atoms with Crippen molar-refractivity contribution in [1.29, 1.82) is 0 Å². The van der Waals surface area contributed by atoms with E-state index >= 15 is 0 Å². The van der Waals surface area contributed by atoms with Gasteiger partial charge in [0.1, 0.15) is 5.75 Å². The molecule has 2 N–H and O–H groups in total. The molecule has 1 aromatic rings. The fourth-order valence-corrected chi connectivity index (χ4v) is 2.36. The zero-order valence-electron chi connectivity index (χ0n) is 13.5. The molecule has 1 aromatic carbocycles. The number of hydrogen-bond acceptors (Lipinski definition) is 4. The lowest BCUT2D eigenvalue weighted by atomic mass is 10.1. The van der Waals surface area contributed by atoms with Gasteiger partial charge in [0.15, 0.2) is 17.5 Å². The number of nitrogens with zero attached hydrogens (tertiary/aromatic N) is 1. The highest BCUT2D eigenvalue weighted by Gasteiger charge is 2.22. The number of nitrogens with one attached hydrogen (secondary N) is 2. The Morgan fingerprint density at radius 3 is 2.71 bits per heavy atom. The third-order valence-corrected chi connectivity index (χ3v) is 3.78. The Balaban J connectivity index is 1.74. The molecule has 0 bridgehead atoms. The molecule has 3 rings (SSSR count). The van der Waals surface area contributed by atoms with E-state index in [0.717, 1.165) is 13.1 Å². The number of rotatable bonds is 7. The number of ether oxygens (including phenoxy) is 3. The zero-order valence-corrected chi connectivity index (χ0v) is 13.5. The number of guanidine groups is 1. The molecule has 0 aromatic heterocycles. The summed E-state index contributed by atoms with van der Waals surface area (Å²) in [6.45, 7) is 0.917. The van der Waals surface area contributed by atoms with Crippen LogP contribution in [0.3, 0.4) is 0 Å². The molecule has 0 atom stereocenters. The van der Waals surface area contributed by atoms with Gasteiger partial charge in [-0.25, -0.2) is 4.99 Å². The van der Waals surface area contributed by atoms with Crippen LogP contribution in [0.15, 0.2) is 17.1 Å². The first kappa shape index (κ1) is 16.6. The second kappa shape index (κ2) is 7.55. The maximum atomic E-state index is 12.6. The number of aliphatic imine (C=N–C) groups is 1. The fourth-order valence-electron chi connectivity index (χ4n) is 2.36. The van der Waals surface area contributed by atoms with E-state index in [9.17, 15) is 8.78 Å². The van der Waals surface area contributed by atoms with E-state index in [1.54, 1.807) is 6.07 Å². The molecule has 0 unspecified atom stereocenters. The quantitative estimate of drug-likeness (QED) is 0.589. The highest BCUT2D eigenvalue weighted by atomic mass is 19.3. The van der Waals surface area contributed by atoms with Crippen LogP contribution < -0.4 is 24.8 Å². The van der Waals surface area contributed by atoms with Crippen LogP contribution in [-0.2, 0) is 6.54 Å². The average molecular weight is 341 g/mol. The Bertz CT molecular complexity index is 606. The Morgan fingerprint density at radius 2 is 2.04 bits per heavy atom. The highest BCUT2D eigenvalue weighted by molar-refractivity contribution is 5.79. The topological polar surface area (TPSA) is 64.1 Å². The van der Waals surface area contributed by atoms with Crippen molar-refractivity contribution >= 4 is 5.96 Å². The van der Waals surface area contributed by atoms with Gasteiger partial charge in [-0.3, -0.25) is 0 Å². The zero-order chi connectivity index (χ0) is 16.9. The van der Waals surface area contributed by atoms with Crippen molar-refractivity contribution in [2.45, 2.75) is 32.9 Å². The summed E-state index contributed by atoms with van der Waals surface area (Å²) in [7, 11) is 0. The maximum Gasteiger partial charge on any atom is 0.387 e. The van der Waals surface area contributed by atoms with E-state index in [-0.39, 0.29) is 19.1 Å². The summed E-state index contributed by atoms with van der Waals surface area (Å²) >= 11 is 0. The van der Waals surface area contributed by atoms with Gasteiger partial charge in [-0.1, -0.05) is 0 Å². The van der Waals surface area contributed by atoms with Gasteiger partial charge in [0, 0.05) is 24.7 Å². The summed E-state index contributed by atoms with van der Waals surface area (Å²) in [6.07, 6.45) is 2.47. The van der Waals surface area contributed by atoms with Gasteiger partial charge < -0.3 is 24.8 Å². The van der Waals surface area contributed by atoms with Gasteiger partial charge in [0.2, 0.25) is 6.79 Å². The first-order valence-electron chi connectivity index (χ1n) is 8.05. The van der Waals surface area contributed by atoms with Crippen molar-refractivity contribution in [3.8, 4) is 17.2 Å². The standard InChI is InChI=1S/C16H21F2N3O3/c1-2-19-16(20-7-10-3-4-10)21-8-11-5-13-14(23-9-22-13)6-12(11)24-15(17)18/h5-6,10,15H,2-4,7-9H2,1H3,(H2,19,20,21). The number of hydrogen-bond donors (Lipinski definition) is 2. The van der Waals surface area contributed by atoms with Gasteiger partial charge in [-0.05, 0) is 31.7 Å². The van der Waals surface area contributed by atoms with E-state index < -0.39 is 6.61 Å². The van der Waals surface area contributed by atoms with Crippen LogP contribution in [0.2, 0.25) is 0 Å². The second-order valence-corrected chi connectivity index (χ2v) is 5.71. The smallest absolute Gasteiger partial charge is 0.387 e. The Labute approximate surface area is 139 Å². The SMILES string of the molecule is CCNC(=NCc1cc2c(cc1OC(F)F)OCO2)NCC1CC1. The first-order chi connectivity index (χ1) is 11.7. The average Bonchev–Trinajstić information content (AvgIpc) is 3.26. The van der Waals surface area contributed by atoms with Gasteiger partial charge >= 0.3 is 6.61 Å². The third kappa shape index (κ3) is 4.39. The molecule has 2 aliphatic rings. The van der Waals surface area contributed by atoms with Crippen molar-refractivity contribution in [3.05, 3.63) is 17.7 Å². The molecule has 0 spiro atoms. The van der Waals surface area contributed by atoms with Crippen LogP contribution >= 0.6 is 0 Å². The number of alkyl halides is 2. The van der Waals surface area contributed by atoms with Crippen LogP contribution in [0, 0.1) is 5.92 Å². The minimum absolute atomic E-state index is 0.0519. The summed E-state index contributed by atoms with van der Waals surface area (Å²) in [6, 6.07) is 3.05. The lowest BCUT2D eigenvalue weighted by Gasteiger charge is -2.13. The number of fused-ring (bicyclic) bond motifs is 1. The lowest BCUT2D eigenvalue weighted by Crippen LogP contribution is -2.38. The molecule has 8 heteroatoms. The van der Waals surface area contributed by atoms with E-state index in [1.165, 1.54) is 18.9 Å². The summed E-state index contributed by atoms with van der Waals surface area (Å²) in [5.41, 5.74) is 0.517. The Morgan fingerprint density at radius 1 is 1.29 bits per heavy atom. The number of benzene rings is 1. The monoisotopic (exact) mass is 341 g/mol. The maximum absolute atomic E-state index is 12.6. The van der Waals surface area contributed by atoms with Crippen LogP contribution in [0.4, 0.5) is 8.78 Å². The van der Waals surface area contributed by atoms with Crippen molar-refractivity contribution in [2.75, 3.05) is 19.9 Å². The second-order valence-electron chi connectivity index (χ2n) is 5.71. The molecular formula is C16H21F2N3O3. The van der Waals surface area contributed by atoms with Gasteiger partial charge in [-0.2, -0.15) is 8.78 Å². The van der Waals surface area contributed by atoms with E-state index in [1.807, 2.05) is 6.92 Å². The molecule has 1 heterocycles. The molecule has 132 valence electrons. The molecule has 0 radical (unpaired) electrons. The highest BCUT2D eigenvalue weighted by Crippen LogP contribution is 2.39. The molecule has 1 fully saturated rings. The van der Waals surface area contributed by atoms with Gasteiger partial charge in [-0.15, -0.1) is 0 Å². The normalized spacial score (nSPS) is 16.4. The Kier molecular flexibility index (Phi) is 5.22. The van der Waals surface area contributed by atoms with Crippen LogP contribution in [0.1, 0.15) is 25.3 Å². The van der Waals surface area contributed by atoms with Crippen LogP contribution in [0.5, 0.6) is 17.2 Å². The van der Waals surface area contributed by atoms with E-state index in [0.29, 0.717) is 28.9 Å². The largest absolute Gasteiger partial charge is 0.454 e. The van der Waals surface area contributed by atoms with Crippen molar-refractivity contribution < 1.29 is 23.0 Å². The van der Waals surface area contributed by atoms with Crippen LogP contribution in [-0.4, -0.2) is 32.5 Å². The van der Waals surface area contributed by atoms with Gasteiger partial charge in [0.05, 0.1) is 6.54 Å². The summed E-state index contributed by atoms with van der Waals surface area (Å²) in [4.78, 5) is 4.45. The third-order valence-electron chi connectivity index (χ3n) is 3.78. The molecule has 1 aliphatic carbocycles. The first-order valence-corrected chi connectivity index (χ1v) is 8.05. The molecule has 24 heavy (non-hydrogen) atoms. The van der Waals surface area contributed by atoms with E-state index in [4.69, 9.17) is 9.47 Å². The minimum atomic E-state index is -2.91. The predicted molar refractivity (Wildman–Crippen MR) is 84.7 cm³/mol. The lowest BCUT2D eigenvalue weighted by molar-refractivity contribution is -0.0505. The molecular weight excluding hydrogens is 320 g/mol. The molecule has 1 saturated carbocycles. The molecule has 6 nitrogen and oxygen atoms in total. The van der Waals surface area contributed by atoms with Crippen LogP contribution in [0.25, 0.3) is 0 Å². The van der Waals surface area contributed by atoms with E-state index in [2.05, 4.69) is 20.4 Å². The minimum Gasteiger partial charge on any atom is -0.454 e. The summed E-state index contributed by atoms with van der Waals surface area (Å²) in [5.74, 6) is 2.33.